The highest BCUT2D eigenvalue weighted by Crippen LogP contribution is 2.11. The van der Waals surface area contributed by atoms with E-state index < -0.39 is 0 Å². The lowest BCUT2D eigenvalue weighted by atomic mass is 10.1. The molecule has 1 aromatic heterocycles. The van der Waals surface area contributed by atoms with Crippen LogP contribution in [-0.4, -0.2) is 24.1 Å². The minimum absolute atomic E-state index is 0.0858. The molecule has 4 nitrogen and oxygen atoms in total. The lowest BCUT2D eigenvalue weighted by Gasteiger charge is -2.19. The average molecular weight is 222 g/mol. The molecule has 4 heteroatoms. The van der Waals surface area contributed by atoms with E-state index >= 15 is 0 Å². The smallest absolute Gasteiger partial charge is 0.307 e. The van der Waals surface area contributed by atoms with Gasteiger partial charge in [-0.05, 0) is 25.5 Å². The molecule has 0 spiro atoms. The van der Waals surface area contributed by atoms with Gasteiger partial charge in [0.15, 0.2) is 0 Å². The van der Waals surface area contributed by atoms with Crippen molar-refractivity contribution in [3.63, 3.8) is 0 Å². The van der Waals surface area contributed by atoms with Gasteiger partial charge in [0.05, 0.1) is 13.5 Å². The Morgan fingerprint density at radius 2 is 2.31 bits per heavy atom. The predicted molar refractivity (Wildman–Crippen MR) is 61.9 cm³/mol. The van der Waals surface area contributed by atoms with Gasteiger partial charge in [0.25, 0.3) is 0 Å². The number of hydrogen-bond acceptors (Lipinski definition) is 4. The maximum absolute atomic E-state index is 11.1. The molecule has 1 unspecified atom stereocenters. The van der Waals surface area contributed by atoms with Crippen LogP contribution in [-0.2, 0) is 9.53 Å². The molecule has 0 aliphatic heterocycles. The van der Waals surface area contributed by atoms with Crippen molar-refractivity contribution in [3.05, 3.63) is 30.1 Å². The van der Waals surface area contributed by atoms with Crippen LogP contribution in [0, 0.1) is 0 Å². The molecule has 88 valence electrons. The zero-order valence-corrected chi connectivity index (χ0v) is 9.93. The molecule has 1 N–H and O–H groups in total. The molecular formula is C12H18N2O2. The molecule has 1 aromatic rings. The Balaban J connectivity index is 2.45. The van der Waals surface area contributed by atoms with Gasteiger partial charge in [0.1, 0.15) is 0 Å². The predicted octanol–water partition coefficient (Wildman–Crippen LogP) is 1.68. The summed E-state index contributed by atoms with van der Waals surface area (Å²) < 4.78 is 4.62. The van der Waals surface area contributed by atoms with Crippen molar-refractivity contribution in [2.24, 2.45) is 0 Å². The molecule has 1 heterocycles. The van der Waals surface area contributed by atoms with Crippen LogP contribution in [0.1, 0.15) is 31.9 Å². The van der Waals surface area contributed by atoms with Crippen molar-refractivity contribution < 1.29 is 9.53 Å². The number of methoxy groups -OCH3 is 1. The zero-order valence-electron chi connectivity index (χ0n) is 9.93. The van der Waals surface area contributed by atoms with Crippen molar-refractivity contribution in [1.29, 1.82) is 0 Å². The molecule has 1 rings (SSSR count). The molecule has 0 fully saturated rings. The summed E-state index contributed by atoms with van der Waals surface area (Å²) in [6.45, 7) is 4.01. The standard InChI is InChI=1S/C12H18N2O2/c1-9(7-12(15)16-3)14-10(2)11-5-4-6-13-8-11/h4-6,8-10,14H,7H2,1-3H3/t9?,10-/m1/s1. The normalized spacial score (nSPS) is 14.2. The van der Waals surface area contributed by atoms with Crippen molar-refractivity contribution in [1.82, 2.24) is 10.3 Å². The third kappa shape index (κ3) is 3.98. The topological polar surface area (TPSA) is 51.2 Å². The number of rotatable bonds is 5. The zero-order chi connectivity index (χ0) is 12.0. The van der Waals surface area contributed by atoms with Crippen molar-refractivity contribution in [2.75, 3.05) is 7.11 Å². The first-order valence-electron chi connectivity index (χ1n) is 5.36. The fourth-order valence-electron chi connectivity index (χ4n) is 1.55. The first-order valence-corrected chi connectivity index (χ1v) is 5.36. The maximum atomic E-state index is 11.1. The summed E-state index contributed by atoms with van der Waals surface area (Å²) in [5, 5.41) is 3.32. The van der Waals surface area contributed by atoms with Gasteiger partial charge in [0.2, 0.25) is 0 Å². The summed E-state index contributed by atoms with van der Waals surface area (Å²) in [7, 11) is 1.40. The van der Waals surface area contributed by atoms with Crippen LogP contribution in [0.5, 0.6) is 0 Å². The number of carbonyl (C=O) groups excluding carboxylic acids is 1. The van der Waals surface area contributed by atoms with Gasteiger partial charge in [-0.2, -0.15) is 0 Å². The highest BCUT2D eigenvalue weighted by atomic mass is 16.5. The maximum Gasteiger partial charge on any atom is 0.307 e. The Hall–Kier alpha value is -1.42. The first-order chi connectivity index (χ1) is 7.63. The van der Waals surface area contributed by atoms with Crippen molar-refractivity contribution >= 4 is 5.97 Å². The van der Waals surface area contributed by atoms with E-state index in [4.69, 9.17) is 0 Å². The molecule has 0 radical (unpaired) electrons. The largest absolute Gasteiger partial charge is 0.469 e. The number of nitrogens with zero attached hydrogens (tertiary/aromatic N) is 1. The van der Waals surface area contributed by atoms with E-state index in [1.807, 2.05) is 32.2 Å². The molecule has 0 saturated carbocycles. The third-order valence-corrected chi connectivity index (χ3v) is 2.42. The summed E-state index contributed by atoms with van der Waals surface area (Å²) in [4.78, 5) is 15.1. The minimum atomic E-state index is -0.196. The van der Waals surface area contributed by atoms with Crippen LogP contribution < -0.4 is 5.32 Å². The summed E-state index contributed by atoms with van der Waals surface area (Å²) in [6, 6.07) is 4.17. The molecular weight excluding hydrogens is 204 g/mol. The summed E-state index contributed by atoms with van der Waals surface area (Å²) in [6.07, 6.45) is 3.94. The second-order valence-electron chi connectivity index (χ2n) is 3.86. The third-order valence-electron chi connectivity index (χ3n) is 2.42. The van der Waals surface area contributed by atoms with E-state index in [9.17, 15) is 4.79 Å². The summed E-state index contributed by atoms with van der Waals surface area (Å²) in [5.41, 5.74) is 1.11. The monoisotopic (exact) mass is 222 g/mol. The van der Waals surface area contributed by atoms with Gasteiger partial charge in [0, 0.05) is 24.5 Å². The molecule has 0 aromatic carbocycles. The van der Waals surface area contributed by atoms with Crippen molar-refractivity contribution in [3.8, 4) is 0 Å². The average Bonchev–Trinajstić information content (AvgIpc) is 2.29. The number of hydrogen-bond donors (Lipinski definition) is 1. The van der Waals surface area contributed by atoms with Crippen LogP contribution in [0.4, 0.5) is 0 Å². The Morgan fingerprint density at radius 3 is 2.88 bits per heavy atom. The van der Waals surface area contributed by atoms with E-state index in [-0.39, 0.29) is 18.1 Å². The van der Waals surface area contributed by atoms with Crippen LogP contribution >= 0.6 is 0 Å². The van der Waals surface area contributed by atoms with Crippen molar-refractivity contribution in [2.45, 2.75) is 32.4 Å². The van der Waals surface area contributed by atoms with E-state index in [0.717, 1.165) is 5.56 Å². The Morgan fingerprint density at radius 1 is 1.56 bits per heavy atom. The Labute approximate surface area is 96.0 Å². The molecule has 0 aliphatic rings. The fourth-order valence-corrected chi connectivity index (χ4v) is 1.55. The number of aromatic nitrogens is 1. The van der Waals surface area contributed by atoms with Crippen LogP contribution in [0.3, 0.4) is 0 Å². The first kappa shape index (κ1) is 12.6. The Bertz CT molecular complexity index is 327. The number of ether oxygens (including phenoxy) is 1. The second kappa shape index (κ2) is 6.23. The van der Waals surface area contributed by atoms with E-state index in [2.05, 4.69) is 15.0 Å². The molecule has 16 heavy (non-hydrogen) atoms. The summed E-state index contributed by atoms with van der Waals surface area (Å²) >= 11 is 0. The lowest BCUT2D eigenvalue weighted by Crippen LogP contribution is -2.31. The van der Waals surface area contributed by atoms with E-state index in [0.29, 0.717) is 6.42 Å². The highest BCUT2D eigenvalue weighted by Gasteiger charge is 2.12. The molecule has 0 amide bonds. The van der Waals surface area contributed by atoms with E-state index in [1.54, 1.807) is 6.20 Å². The second-order valence-corrected chi connectivity index (χ2v) is 3.86. The van der Waals surface area contributed by atoms with Gasteiger partial charge in [-0.3, -0.25) is 9.78 Å². The molecule has 0 aliphatic carbocycles. The van der Waals surface area contributed by atoms with Crippen LogP contribution in [0.2, 0.25) is 0 Å². The molecule has 2 atom stereocenters. The quantitative estimate of drug-likeness (QED) is 0.770. The van der Waals surface area contributed by atoms with Gasteiger partial charge >= 0.3 is 5.97 Å². The Kier molecular flexibility index (Phi) is 4.92. The summed E-state index contributed by atoms with van der Waals surface area (Å²) in [5.74, 6) is -0.196. The van der Waals surface area contributed by atoms with Gasteiger partial charge in [-0.15, -0.1) is 0 Å². The van der Waals surface area contributed by atoms with Crippen LogP contribution in [0.15, 0.2) is 24.5 Å². The number of carbonyl (C=O) groups is 1. The van der Waals surface area contributed by atoms with Gasteiger partial charge in [-0.25, -0.2) is 0 Å². The van der Waals surface area contributed by atoms with Gasteiger partial charge in [-0.1, -0.05) is 6.07 Å². The SMILES string of the molecule is COC(=O)CC(C)N[C@H](C)c1cccnc1. The lowest BCUT2D eigenvalue weighted by molar-refractivity contribution is -0.141. The number of pyridine rings is 1. The highest BCUT2D eigenvalue weighted by molar-refractivity contribution is 5.69. The molecule has 0 bridgehead atoms. The molecule has 0 saturated heterocycles. The number of esters is 1. The van der Waals surface area contributed by atoms with Crippen LogP contribution in [0.25, 0.3) is 0 Å². The minimum Gasteiger partial charge on any atom is -0.469 e. The van der Waals surface area contributed by atoms with Gasteiger partial charge < -0.3 is 10.1 Å². The van der Waals surface area contributed by atoms with E-state index in [1.165, 1.54) is 7.11 Å². The fraction of sp³-hybridized carbons (Fsp3) is 0.500. The number of nitrogens with one attached hydrogen (secondary N) is 1.